The van der Waals surface area contributed by atoms with E-state index in [0.717, 1.165) is 31.8 Å². The number of anilines is 1. The van der Waals surface area contributed by atoms with Crippen LogP contribution in [0.1, 0.15) is 12.8 Å². The molecule has 21 heavy (non-hydrogen) atoms. The molecule has 2 atom stereocenters. The van der Waals surface area contributed by atoms with Gasteiger partial charge >= 0.3 is 6.61 Å². The number of alkyl halides is 2. The first-order valence-electron chi connectivity index (χ1n) is 7.11. The average Bonchev–Trinajstić information content (AvgIpc) is 3.02. The molecule has 0 spiro atoms. The molecule has 0 radical (unpaired) electrons. The summed E-state index contributed by atoms with van der Waals surface area (Å²) >= 11 is 0. The zero-order valence-corrected chi connectivity index (χ0v) is 11.6. The van der Waals surface area contributed by atoms with Crippen LogP contribution in [0.3, 0.4) is 0 Å². The summed E-state index contributed by atoms with van der Waals surface area (Å²) < 4.78 is 40.0. The molecular formula is C14H18F2N2O3. The fraction of sp³-hybridized carbons (Fsp3) is 0.643. The molecule has 0 N–H and O–H groups in total. The highest BCUT2D eigenvalue weighted by molar-refractivity contribution is 5.41. The molecule has 0 aromatic carbocycles. The molecule has 1 aromatic rings. The maximum atomic E-state index is 12.1. The minimum Gasteiger partial charge on any atom is -0.433 e. The zero-order chi connectivity index (χ0) is 14.7. The van der Waals surface area contributed by atoms with E-state index in [2.05, 4.69) is 14.6 Å². The second-order valence-corrected chi connectivity index (χ2v) is 5.14. The third-order valence-electron chi connectivity index (χ3n) is 3.74. The van der Waals surface area contributed by atoms with E-state index in [1.54, 1.807) is 6.07 Å². The summed E-state index contributed by atoms with van der Waals surface area (Å²) in [6.07, 6.45) is 3.60. The summed E-state index contributed by atoms with van der Waals surface area (Å²) in [4.78, 5) is 6.27. The van der Waals surface area contributed by atoms with Crippen LogP contribution in [0.4, 0.5) is 14.6 Å². The Morgan fingerprint density at radius 1 is 1.24 bits per heavy atom. The molecular weight excluding hydrogens is 282 g/mol. The van der Waals surface area contributed by atoms with Crippen molar-refractivity contribution in [3.63, 3.8) is 0 Å². The SMILES string of the molecule is FC(F)Oc1ccc(N2CCO[C@@H]([C@H]3CCCO3)C2)nc1. The van der Waals surface area contributed by atoms with Gasteiger partial charge in [-0.2, -0.15) is 8.78 Å². The van der Waals surface area contributed by atoms with E-state index in [1.165, 1.54) is 12.3 Å². The lowest BCUT2D eigenvalue weighted by atomic mass is 10.1. The molecule has 0 saturated carbocycles. The number of hydrogen-bond donors (Lipinski definition) is 0. The Morgan fingerprint density at radius 2 is 2.10 bits per heavy atom. The van der Waals surface area contributed by atoms with Crippen LogP contribution in [0.5, 0.6) is 5.75 Å². The predicted molar refractivity (Wildman–Crippen MR) is 71.8 cm³/mol. The summed E-state index contributed by atoms with van der Waals surface area (Å²) in [5.74, 6) is 0.806. The van der Waals surface area contributed by atoms with Crippen molar-refractivity contribution in [2.75, 3.05) is 31.2 Å². The van der Waals surface area contributed by atoms with Gasteiger partial charge in [0.2, 0.25) is 0 Å². The smallest absolute Gasteiger partial charge is 0.387 e. The fourth-order valence-electron chi connectivity index (χ4n) is 2.74. The van der Waals surface area contributed by atoms with E-state index in [-0.39, 0.29) is 18.0 Å². The Hall–Kier alpha value is -1.47. The van der Waals surface area contributed by atoms with Crippen LogP contribution in [-0.4, -0.2) is 50.1 Å². The van der Waals surface area contributed by atoms with Crippen LogP contribution in [0, 0.1) is 0 Å². The molecule has 0 bridgehead atoms. The van der Waals surface area contributed by atoms with Crippen molar-refractivity contribution in [1.29, 1.82) is 0 Å². The number of pyridine rings is 1. The van der Waals surface area contributed by atoms with Gasteiger partial charge in [-0.05, 0) is 25.0 Å². The van der Waals surface area contributed by atoms with Crippen LogP contribution in [0.2, 0.25) is 0 Å². The molecule has 7 heteroatoms. The Bertz CT molecular complexity index is 452. The maximum Gasteiger partial charge on any atom is 0.387 e. The first-order chi connectivity index (χ1) is 10.2. The average molecular weight is 300 g/mol. The Labute approximate surface area is 121 Å². The van der Waals surface area contributed by atoms with E-state index in [0.29, 0.717) is 13.2 Å². The lowest BCUT2D eigenvalue weighted by Gasteiger charge is -2.36. The minimum absolute atomic E-state index is 0.0417. The van der Waals surface area contributed by atoms with Gasteiger partial charge in [0.05, 0.1) is 18.9 Å². The predicted octanol–water partition coefficient (Wildman–Crippen LogP) is 2.07. The quantitative estimate of drug-likeness (QED) is 0.851. The summed E-state index contributed by atoms with van der Waals surface area (Å²) in [6.45, 7) is 0.00647. The fourth-order valence-corrected chi connectivity index (χ4v) is 2.74. The largest absolute Gasteiger partial charge is 0.433 e. The molecule has 116 valence electrons. The third-order valence-corrected chi connectivity index (χ3v) is 3.74. The highest BCUT2D eigenvalue weighted by atomic mass is 19.3. The van der Waals surface area contributed by atoms with Gasteiger partial charge in [-0.15, -0.1) is 0 Å². The highest BCUT2D eigenvalue weighted by Crippen LogP contribution is 2.24. The van der Waals surface area contributed by atoms with E-state index in [9.17, 15) is 8.78 Å². The van der Waals surface area contributed by atoms with Crippen molar-refractivity contribution in [3.8, 4) is 5.75 Å². The summed E-state index contributed by atoms with van der Waals surface area (Å²) in [7, 11) is 0. The van der Waals surface area contributed by atoms with Gasteiger partial charge in [0.25, 0.3) is 0 Å². The first-order valence-corrected chi connectivity index (χ1v) is 7.11. The Balaban J connectivity index is 1.62. The lowest BCUT2D eigenvalue weighted by molar-refractivity contribution is -0.0545. The first kappa shape index (κ1) is 14.5. The number of aromatic nitrogens is 1. The van der Waals surface area contributed by atoms with Gasteiger partial charge in [0.1, 0.15) is 17.7 Å². The number of rotatable bonds is 4. The summed E-state index contributed by atoms with van der Waals surface area (Å²) in [5.41, 5.74) is 0. The van der Waals surface area contributed by atoms with E-state index < -0.39 is 6.61 Å². The van der Waals surface area contributed by atoms with Crippen LogP contribution < -0.4 is 9.64 Å². The van der Waals surface area contributed by atoms with Crippen molar-refractivity contribution in [2.45, 2.75) is 31.7 Å². The third kappa shape index (κ3) is 3.59. The molecule has 2 fully saturated rings. The molecule has 2 aliphatic heterocycles. The van der Waals surface area contributed by atoms with E-state index >= 15 is 0 Å². The van der Waals surface area contributed by atoms with Crippen LogP contribution >= 0.6 is 0 Å². The van der Waals surface area contributed by atoms with Gasteiger partial charge in [0.15, 0.2) is 0 Å². The molecule has 1 aromatic heterocycles. The normalized spacial score (nSPS) is 26.3. The highest BCUT2D eigenvalue weighted by Gasteiger charge is 2.31. The number of morpholine rings is 1. The Morgan fingerprint density at radius 3 is 2.76 bits per heavy atom. The van der Waals surface area contributed by atoms with Crippen LogP contribution in [-0.2, 0) is 9.47 Å². The molecule has 0 amide bonds. The molecule has 2 aliphatic rings. The number of hydrogen-bond acceptors (Lipinski definition) is 5. The maximum absolute atomic E-state index is 12.1. The van der Waals surface area contributed by atoms with E-state index in [1.807, 2.05) is 0 Å². The van der Waals surface area contributed by atoms with Gasteiger partial charge in [-0.1, -0.05) is 0 Å². The summed E-state index contributed by atoms with van der Waals surface area (Å²) in [5, 5.41) is 0. The van der Waals surface area contributed by atoms with Gasteiger partial charge < -0.3 is 19.1 Å². The summed E-state index contributed by atoms with van der Waals surface area (Å²) in [6, 6.07) is 3.20. The Kier molecular flexibility index (Phi) is 4.50. The van der Waals surface area contributed by atoms with Crippen LogP contribution in [0.25, 0.3) is 0 Å². The number of ether oxygens (including phenoxy) is 3. The molecule has 5 nitrogen and oxygen atoms in total. The van der Waals surface area contributed by atoms with Crippen molar-refractivity contribution in [3.05, 3.63) is 18.3 Å². The minimum atomic E-state index is -2.83. The van der Waals surface area contributed by atoms with Crippen molar-refractivity contribution in [1.82, 2.24) is 4.98 Å². The zero-order valence-electron chi connectivity index (χ0n) is 11.6. The molecule has 3 rings (SSSR count). The van der Waals surface area contributed by atoms with Gasteiger partial charge in [0, 0.05) is 19.7 Å². The molecule has 0 unspecified atom stereocenters. The molecule has 3 heterocycles. The standard InChI is InChI=1S/C14H18F2N2O3/c15-14(16)21-10-3-4-13(17-8-10)18-5-7-20-12(9-18)11-2-1-6-19-11/h3-4,8,11-12,14H,1-2,5-7,9H2/t11-,12-/m1/s1. The van der Waals surface area contributed by atoms with Crippen molar-refractivity contribution >= 4 is 5.82 Å². The van der Waals surface area contributed by atoms with Crippen molar-refractivity contribution < 1.29 is 23.0 Å². The second kappa shape index (κ2) is 6.53. The lowest BCUT2D eigenvalue weighted by Crippen LogP contribution is -2.47. The van der Waals surface area contributed by atoms with Crippen LogP contribution in [0.15, 0.2) is 18.3 Å². The number of nitrogens with zero attached hydrogens (tertiary/aromatic N) is 2. The molecule has 0 aliphatic carbocycles. The van der Waals surface area contributed by atoms with Gasteiger partial charge in [-0.25, -0.2) is 4.98 Å². The van der Waals surface area contributed by atoms with E-state index in [4.69, 9.17) is 9.47 Å². The molecule has 2 saturated heterocycles. The number of halogens is 2. The van der Waals surface area contributed by atoms with Gasteiger partial charge in [-0.3, -0.25) is 0 Å². The second-order valence-electron chi connectivity index (χ2n) is 5.14. The van der Waals surface area contributed by atoms with Crippen molar-refractivity contribution in [2.24, 2.45) is 0 Å². The monoisotopic (exact) mass is 300 g/mol. The topological polar surface area (TPSA) is 43.8 Å².